The minimum Gasteiger partial charge on any atom is -0.435 e. The molecule has 5 rings (SSSR count). The van der Waals surface area contributed by atoms with Crippen molar-refractivity contribution in [3.63, 3.8) is 0 Å². The second-order valence-electron chi connectivity index (χ2n) is 9.54. The van der Waals surface area contributed by atoms with Gasteiger partial charge in [0.25, 0.3) is 0 Å². The number of nitrogens with zero attached hydrogens (tertiary/aromatic N) is 1. The summed E-state index contributed by atoms with van der Waals surface area (Å²) in [5.41, 5.74) is -0.614. The van der Waals surface area contributed by atoms with Crippen molar-refractivity contribution >= 4 is 5.97 Å². The van der Waals surface area contributed by atoms with E-state index in [0.717, 1.165) is 38.8 Å². The maximum absolute atomic E-state index is 12.5. The largest absolute Gasteiger partial charge is 0.435 e. The Labute approximate surface area is 174 Å². The van der Waals surface area contributed by atoms with E-state index in [0.29, 0.717) is 24.8 Å². The van der Waals surface area contributed by atoms with Crippen LogP contribution in [0, 0.1) is 23.7 Å². The summed E-state index contributed by atoms with van der Waals surface area (Å²) < 4.78 is 18.4. The Morgan fingerprint density at radius 1 is 1.10 bits per heavy atom. The van der Waals surface area contributed by atoms with Crippen molar-refractivity contribution in [2.24, 2.45) is 23.7 Å². The van der Waals surface area contributed by atoms with Gasteiger partial charge in [0.2, 0.25) is 12.1 Å². The zero-order valence-corrected chi connectivity index (χ0v) is 18.5. The zero-order valence-electron chi connectivity index (χ0n) is 18.5. The van der Waals surface area contributed by atoms with Crippen LogP contribution < -0.4 is 0 Å². The van der Waals surface area contributed by atoms with Crippen LogP contribution in [0.4, 0.5) is 0 Å². The molecule has 1 aliphatic carbocycles. The molecule has 5 aliphatic rings. The highest BCUT2D eigenvalue weighted by Crippen LogP contribution is 2.60. The van der Waals surface area contributed by atoms with E-state index in [2.05, 4.69) is 32.6 Å². The van der Waals surface area contributed by atoms with Crippen LogP contribution in [0.2, 0.25) is 0 Å². The van der Waals surface area contributed by atoms with Crippen LogP contribution in [-0.4, -0.2) is 54.5 Å². The number of carbonyl (C=O) groups excluding carboxylic acids is 1. The van der Waals surface area contributed by atoms with Gasteiger partial charge in [-0.15, -0.1) is 0 Å². The van der Waals surface area contributed by atoms with Gasteiger partial charge in [-0.05, 0) is 51.1 Å². The summed E-state index contributed by atoms with van der Waals surface area (Å²) in [5.74, 6) is 0.00406. The maximum Gasteiger partial charge on any atom is 0.309 e. The molecule has 0 N–H and O–H groups in total. The molecule has 0 aromatic rings. The normalized spacial score (nSPS) is 46.3. The first-order valence-electron chi connectivity index (χ1n) is 11.4. The first kappa shape index (κ1) is 21.5. The van der Waals surface area contributed by atoms with Crippen molar-refractivity contribution in [2.75, 3.05) is 19.6 Å². The average molecular weight is 412 g/mol. The third kappa shape index (κ3) is 3.63. The molecule has 29 heavy (non-hydrogen) atoms. The molecule has 4 aliphatic heterocycles. The molecular formula is C22H37NO6. The quantitative estimate of drug-likeness (QED) is 0.490. The average Bonchev–Trinajstić information content (AvgIpc) is 2.93. The molecule has 0 unspecified atom stereocenters. The number of fused-ring (bicyclic) bond motifs is 2. The Balaban J connectivity index is 1.51. The van der Waals surface area contributed by atoms with E-state index in [1.807, 2.05) is 6.92 Å². The Morgan fingerprint density at radius 3 is 2.59 bits per heavy atom. The van der Waals surface area contributed by atoms with Crippen molar-refractivity contribution in [3.05, 3.63) is 0 Å². The fourth-order valence-electron chi connectivity index (χ4n) is 5.98. The van der Waals surface area contributed by atoms with Crippen LogP contribution in [-0.2, 0) is 28.8 Å². The lowest BCUT2D eigenvalue weighted by atomic mass is 9.58. The number of hydrogen-bond acceptors (Lipinski definition) is 7. The molecule has 1 spiro atoms. The van der Waals surface area contributed by atoms with E-state index < -0.39 is 24.0 Å². The van der Waals surface area contributed by atoms with Gasteiger partial charge in [-0.25, -0.2) is 9.78 Å². The van der Waals surface area contributed by atoms with Crippen molar-refractivity contribution in [1.29, 1.82) is 0 Å². The molecule has 7 heteroatoms. The molecule has 4 heterocycles. The molecule has 0 aromatic heterocycles. The third-order valence-corrected chi connectivity index (χ3v) is 7.87. The zero-order chi connectivity index (χ0) is 20.8. The van der Waals surface area contributed by atoms with Crippen LogP contribution >= 0.6 is 0 Å². The molecule has 0 amide bonds. The summed E-state index contributed by atoms with van der Waals surface area (Å²) in [7, 11) is 0. The van der Waals surface area contributed by atoms with E-state index in [1.54, 1.807) is 0 Å². The molecule has 166 valence electrons. The lowest BCUT2D eigenvalue weighted by molar-refractivity contribution is -0.576. The van der Waals surface area contributed by atoms with Gasteiger partial charge in [0.05, 0.1) is 6.42 Å². The van der Waals surface area contributed by atoms with Crippen molar-refractivity contribution in [3.8, 4) is 0 Å². The molecule has 8 atom stereocenters. The first-order chi connectivity index (χ1) is 13.8. The fourth-order valence-corrected chi connectivity index (χ4v) is 5.98. The molecule has 4 saturated heterocycles. The standard InChI is InChI=1S/C22H37NO6/c1-6-23(7-2)13-11-18(24)25-19-15(4)17-9-8-14(3)16-10-12-21(5)27-20(26-19)22(16,17)29-28-21/h14-17,19-20H,6-13H2,1-5H3/t14-,15-,16+,17+,19-,20-,21-,22-/m1/s1. The summed E-state index contributed by atoms with van der Waals surface area (Å²) in [6, 6.07) is 0. The number of carbonyl (C=O) groups is 1. The summed E-state index contributed by atoms with van der Waals surface area (Å²) in [6.45, 7) is 13.1. The van der Waals surface area contributed by atoms with Crippen molar-refractivity contribution in [1.82, 2.24) is 4.90 Å². The Morgan fingerprint density at radius 2 is 1.86 bits per heavy atom. The summed E-state index contributed by atoms with van der Waals surface area (Å²) >= 11 is 0. The van der Waals surface area contributed by atoms with Crippen LogP contribution in [0.15, 0.2) is 0 Å². The summed E-state index contributed by atoms with van der Waals surface area (Å²) in [4.78, 5) is 26.7. The molecule has 1 saturated carbocycles. The van der Waals surface area contributed by atoms with Gasteiger partial charge in [-0.2, -0.15) is 0 Å². The predicted molar refractivity (Wildman–Crippen MR) is 105 cm³/mol. The fraction of sp³-hybridized carbons (Fsp3) is 0.955. The van der Waals surface area contributed by atoms with Crippen LogP contribution in [0.3, 0.4) is 0 Å². The monoisotopic (exact) mass is 411 g/mol. The maximum atomic E-state index is 12.5. The van der Waals surface area contributed by atoms with Gasteiger partial charge < -0.3 is 19.1 Å². The lowest BCUT2D eigenvalue weighted by Gasteiger charge is -2.59. The highest BCUT2D eigenvalue weighted by molar-refractivity contribution is 5.69. The summed E-state index contributed by atoms with van der Waals surface area (Å²) in [6.07, 6.45) is 3.09. The van der Waals surface area contributed by atoms with E-state index in [-0.39, 0.29) is 17.8 Å². The van der Waals surface area contributed by atoms with E-state index >= 15 is 0 Å². The van der Waals surface area contributed by atoms with Gasteiger partial charge in [0, 0.05) is 24.8 Å². The van der Waals surface area contributed by atoms with Crippen LogP contribution in [0.1, 0.15) is 66.7 Å². The predicted octanol–water partition coefficient (Wildman–Crippen LogP) is 3.47. The van der Waals surface area contributed by atoms with Crippen LogP contribution in [0.25, 0.3) is 0 Å². The third-order valence-electron chi connectivity index (χ3n) is 7.87. The van der Waals surface area contributed by atoms with Crippen molar-refractivity contribution < 1.29 is 28.8 Å². The Hall–Kier alpha value is -0.730. The number of ether oxygens (including phenoxy) is 3. The van der Waals surface area contributed by atoms with Gasteiger partial charge in [0.15, 0.2) is 11.9 Å². The molecule has 0 aromatic carbocycles. The SMILES string of the molecule is CCN(CC)CCC(=O)O[C@@H]1O[C@@H]2O[C@@]3(C)CC[C@H]4[C@H](C)CC[C@@H]([C@H]1C)[C@@]24OO3. The van der Waals surface area contributed by atoms with E-state index in [9.17, 15) is 4.79 Å². The molecule has 0 radical (unpaired) electrons. The van der Waals surface area contributed by atoms with E-state index in [1.165, 1.54) is 0 Å². The van der Waals surface area contributed by atoms with Gasteiger partial charge in [0.1, 0.15) is 0 Å². The van der Waals surface area contributed by atoms with Gasteiger partial charge in [-0.1, -0.05) is 27.7 Å². The summed E-state index contributed by atoms with van der Waals surface area (Å²) in [5, 5.41) is 0. The van der Waals surface area contributed by atoms with Crippen LogP contribution in [0.5, 0.6) is 0 Å². The van der Waals surface area contributed by atoms with E-state index in [4.69, 9.17) is 24.0 Å². The Kier molecular flexibility index (Phi) is 5.99. The van der Waals surface area contributed by atoms with Crippen molar-refractivity contribution in [2.45, 2.75) is 90.7 Å². The number of hydrogen-bond donors (Lipinski definition) is 0. The smallest absolute Gasteiger partial charge is 0.309 e. The second kappa shape index (κ2) is 8.08. The number of rotatable bonds is 6. The Bertz CT molecular complexity index is 612. The highest BCUT2D eigenvalue weighted by Gasteiger charge is 2.69. The molecule has 2 bridgehead atoms. The molecule has 7 nitrogen and oxygen atoms in total. The second-order valence-corrected chi connectivity index (χ2v) is 9.54. The first-order valence-corrected chi connectivity index (χ1v) is 11.4. The van der Waals surface area contributed by atoms with Gasteiger partial charge >= 0.3 is 5.97 Å². The highest BCUT2D eigenvalue weighted by atomic mass is 17.3. The topological polar surface area (TPSA) is 66.5 Å². The molecular weight excluding hydrogens is 374 g/mol. The minimum absolute atomic E-state index is 0.0216. The number of esters is 1. The molecule has 5 fully saturated rings. The lowest BCUT2D eigenvalue weighted by Crippen LogP contribution is -2.70. The minimum atomic E-state index is -0.810. The van der Waals surface area contributed by atoms with Gasteiger partial charge in [-0.3, -0.25) is 4.79 Å².